The predicted octanol–water partition coefficient (Wildman–Crippen LogP) is 3.61. The third-order valence-corrected chi connectivity index (χ3v) is 4.43. The van der Waals surface area contributed by atoms with E-state index in [4.69, 9.17) is 4.74 Å². The summed E-state index contributed by atoms with van der Waals surface area (Å²) in [6.07, 6.45) is 3.20. The minimum Gasteiger partial charge on any atom is -0.503 e. The number of aliphatic hydroxyl groups excluding tert-OH is 1. The summed E-state index contributed by atoms with van der Waals surface area (Å²) in [6, 6.07) is 9.81. The average molecular weight is 366 g/mol. The van der Waals surface area contributed by atoms with Crippen LogP contribution in [0.2, 0.25) is 0 Å². The first-order valence-corrected chi connectivity index (χ1v) is 8.89. The molecular formula is C21H22N2O4. The van der Waals surface area contributed by atoms with Crippen molar-refractivity contribution in [1.29, 1.82) is 0 Å². The van der Waals surface area contributed by atoms with Crippen molar-refractivity contribution >= 4 is 17.4 Å². The van der Waals surface area contributed by atoms with Crippen LogP contribution in [0.4, 0.5) is 5.69 Å². The van der Waals surface area contributed by atoms with Gasteiger partial charge in [-0.3, -0.25) is 19.5 Å². The maximum Gasteiger partial charge on any atom is 0.294 e. The van der Waals surface area contributed by atoms with Gasteiger partial charge in [0.25, 0.3) is 5.91 Å². The Hall–Kier alpha value is -3.15. The van der Waals surface area contributed by atoms with E-state index >= 15 is 0 Å². The number of carbonyl (C=O) groups is 2. The number of hydrogen-bond acceptors (Lipinski definition) is 5. The van der Waals surface area contributed by atoms with Gasteiger partial charge in [0.1, 0.15) is 5.75 Å². The van der Waals surface area contributed by atoms with E-state index < -0.39 is 17.7 Å². The molecule has 1 aliphatic rings. The number of ether oxygens (including phenoxy) is 1. The summed E-state index contributed by atoms with van der Waals surface area (Å²) < 4.78 is 5.53. The summed E-state index contributed by atoms with van der Waals surface area (Å²) in [4.78, 5) is 31.1. The lowest BCUT2D eigenvalue weighted by atomic mass is 9.91. The number of pyridine rings is 1. The molecule has 0 aliphatic carbocycles. The van der Waals surface area contributed by atoms with E-state index in [2.05, 4.69) is 4.98 Å². The molecule has 3 rings (SSSR count). The van der Waals surface area contributed by atoms with Crippen molar-refractivity contribution in [3.8, 4) is 5.75 Å². The van der Waals surface area contributed by atoms with Gasteiger partial charge < -0.3 is 9.84 Å². The average Bonchev–Trinajstić information content (AvgIpc) is 2.93. The number of benzene rings is 1. The third-order valence-electron chi connectivity index (χ3n) is 4.43. The quantitative estimate of drug-likeness (QED) is 0.845. The fraction of sp³-hybridized carbons (Fsp3) is 0.286. The summed E-state index contributed by atoms with van der Waals surface area (Å²) >= 11 is 0. The molecule has 27 heavy (non-hydrogen) atoms. The monoisotopic (exact) mass is 366 g/mol. The fourth-order valence-corrected chi connectivity index (χ4v) is 3.19. The molecule has 140 valence electrons. The zero-order chi connectivity index (χ0) is 19.6. The molecule has 0 saturated carbocycles. The second-order valence-electron chi connectivity index (χ2n) is 6.57. The van der Waals surface area contributed by atoms with Gasteiger partial charge >= 0.3 is 0 Å². The highest BCUT2D eigenvalue weighted by molar-refractivity contribution is 6.16. The molecule has 0 radical (unpaired) electrons. The summed E-state index contributed by atoms with van der Waals surface area (Å²) in [6.45, 7) is 5.86. The van der Waals surface area contributed by atoms with Crippen molar-refractivity contribution in [1.82, 2.24) is 4.98 Å². The summed E-state index contributed by atoms with van der Waals surface area (Å²) in [5, 5.41) is 10.5. The van der Waals surface area contributed by atoms with E-state index in [0.717, 1.165) is 0 Å². The van der Waals surface area contributed by atoms with Gasteiger partial charge in [0.15, 0.2) is 11.5 Å². The predicted molar refractivity (Wildman–Crippen MR) is 102 cm³/mol. The number of hydrogen-bond donors (Lipinski definition) is 1. The molecule has 1 aromatic carbocycles. The number of anilines is 1. The van der Waals surface area contributed by atoms with Crippen molar-refractivity contribution in [3.63, 3.8) is 0 Å². The summed E-state index contributed by atoms with van der Waals surface area (Å²) in [5.74, 6) is -1.11. The topological polar surface area (TPSA) is 79.7 Å². The van der Waals surface area contributed by atoms with Crippen LogP contribution in [0.5, 0.6) is 5.75 Å². The van der Waals surface area contributed by atoms with E-state index in [0.29, 0.717) is 23.6 Å². The molecule has 1 amide bonds. The van der Waals surface area contributed by atoms with Crippen molar-refractivity contribution in [2.75, 3.05) is 11.5 Å². The molecule has 2 heterocycles. The molecule has 1 aliphatic heterocycles. The first kappa shape index (κ1) is 18.6. The van der Waals surface area contributed by atoms with Gasteiger partial charge in [-0.05, 0) is 36.8 Å². The van der Waals surface area contributed by atoms with Crippen molar-refractivity contribution in [2.45, 2.75) is 26.8 Å². The molecule has 6 heteroatoms. The van der Waals surface area contributed by atoms with Crippen molar-refractivity contribution < 1.29 is 19.4 Å². The molecule has 2 aromatic rings. The number of amides is 1. The molecule has 1 N–H and O–H groups in total. The first-order chi connectivity index (χ1) is 13.0. The van der Waals surface area contributed by atoms with Gasteiger partial charge in [-0.25, -0.2) is 0 Å². The molecule has 6 nitrogen and oxygen atoms in total. The molecule has 0 bridgehead atoms. The van der Waals surface area contributed by atoms with E-state index in [9.17, 15) is 14.7 Å². The molecular weight excluding hydrogens is 344 g/mol. The Balaban J connectivity index is 2.14. The van der Waals surface area contributed by atoms with Crippen LogP contribution in [-0.4, -0.2) is 28.4 Å². The van der Waals surface area contributed by atoms with Crippen LogP contribution < -0.4 is 9.64 Å². The maximum absolute atomic E-state index is 12.9. The third kappa shape index (κ3) is 3.43. The number of ketones is 1. The maximum atomic E-state index is 12.9. The number of Topliss-reactive ketones (excluding diaryl/α,β-unsaturated/α-hetero) is 1. The minimum absolute atomic E-state index is 0.114. The molecule has 0 saturated heterocycles. The van der Waals surface area contributed by atoms with E-state index in [1.54, 1.807) is 62.6 Å². The van der Waals surface area contributed by atoms with Crippen molar-refractivity contribution in [3.05, 3.63) is 65.7 Å². The van der Waals surface area contributed by atoms with Crippen molar-refractivity contribution in [2.24, 2.45) is 5.92 Å². The highest BCUT2D eigenvalue weighted by atomic mass is 16.5. The Labute approximate surface area is 158 Å². The van der Waals surface area contributed by atoms with Crippen LogP contribution in [0.3, 0.4) is 0 Å². The lowest BCUT2D eigenvalue weighted by molar-refractivity contribution is -0.119. The molecule has 1 aromatic heterocycles. The van der Waals surface area contributed by atoms with E-state index in [1.165, 1.54) is 4.90 Å². The standard InChI is InChI=1S/C21H22N2O4/c1-4-27-16-7-5-6-15(12-16)23-18(14-8-10-22-11-9-14)17(19(24)13(2)3)20(25)21(23)26/h5-13,18,25H,4H2,1-3H3. The Morgan fingerprint density at radius 1 is 1.26 bits per heavy atom. The van der Waals surface area contributed by atoms with E-state index in [1.807, 2.05) is 6.92 Å². The summed E-state index contributed by atoms with van der Waals surface area (Å²) in [5.41, 5.74) is 1.36. The Bertz CT molecular complexity index is 890. The second-order valence-corrected chi connectivity index (χ2v) is 6.57. The van der Waals surface area contributed by atoms with Crippen LogP contribution in [-0.2, 0) is 9.59 Å². The van der Waals surface area contributed by atoms with Crippen LogP contribution >= 0.6 is 0 Å². The van der Waals surface area contributed by atoms with Gasteiger partial charge in [0, 0.05) is 30.1 Å². The van der Waals surface area contributed by atoms with Gasteiger partial charge in [-0.2, -0.15) is 0 Å². The zero-order valence-electron chi connectivity index (χ0n) is 15.5. The number of aliphatic hydroxyl groups is 1. The van der Waals surface area contributed by atoms with E-state index in [-0.39, 0.29) is 17.3 Å². The Morgan fingerprint density at radius 3 is 2.59 bits per heavy atom. The Kier molecular flexibility index (Phi) is 5.26. The normalized spacial score (nSPS) is 17.0. The Morgan fingerprint density at radius 2 is 1.96 bits per heavy atom. The second kappa shape index (κ2) is 7.61. The highest BCUT2D eigenvalue weighted by Gasteiger charge is 2.44. The number of nitrogens with zero attached hydrogens (tertiary/aromatic N) is 2. The molecule has 1 unspecified atom stereocenters. The lowest BCUT2D eigenvalue weighted by Gasteiger charge is -2.27. The molecule has 0 fully saturated rings. The summed E-state index contributed by atoms with van der Waals surface area (Å²) in [7, 11) is 0. The number of rotatable bonds is 6. The minimum atomic E-state index is -0.715. The first-order valence-electron chi connectivity index (χ1n) is 8.89. The fourth-order valence-electron chi connectivity index (χ4n) is 3.19. The smallest absolute Gasteiger partial charge is 0.294 e. The SMILES string of the molecule is CCOc1cccc(N2C(=O)C(O)=C(C(=O)C(C)C)C2c2ccncc2)c1. The van der Waals surface area contributed by atoms with Gasteiger partial charge in [0.2, 0.25) is 0 Å². The lowest BCUT2D eigenvalue weighted by Crippen LogP contribution is -2.31. The van der Waals surface area contributed by atoms with Crippen LogP contribution in [0, 0.1) is 5.92 Å². The largest absolute Gasteiger partial charge is 0.503 e. The highest BCUT2D eigenvalue weighted by Crippen LogP contribution is 2.42. The molecule has 0 spiro atoms. The van der Waals surface area contributed by atoms with Crippen LogP contribution in [0.1, 0.15) is 32.4 Å². The van der Waals surface area contributed by atoms with Gasteiger partial charge in [-0.1, -0.05) is 19.9 Å². The van der Waals surface area contributed by atoms with Gasteiger partial charge in [0.05, 0.1) is 18.2 Å². The van der Waals surface area contributed by atoms with Crippen LogP contribution in [0.15, 0.2) is 60.1 Å². The number of aromatic nitrogens is 1. The molecule has 1 atom stereocenters. The van der Waals surface area contributed by atoms with Gasteiger partial charge in [-0.15, -0.1) is 0 Å². The number of carbonyl (C=O) groups excluding carboxylic acids is 2. The van der Waals surface area contributed by atoms with Crippen LogP contribution in [0.25, 0.3) is 0 Å². The zero-order valence-corrected chi connectivity index (χ0v) is 15.5.